The Labute approximate surface area is 140 Å². The summed E-state index contributed by atoms with van der Waals surface area (Å²) in [5.74, 6) is 0.138. The largest absolute Gasteiger partial charge is 0.508 e. The van der Waals surface area contributed by atoms with E-state index in [1.54, 1.807) is 18.2 Å². The number of nitrogens with zero attached hydrogens (tertiary/aromatic N) is 1. The van der Waals surface area contributed by atoms with Gasteiger partial charge in [-0.2, -0.15) is 5.10 Å². The fourth-order valence-corrected chi connectivity index (χ4v) is 2.44. The van der Waals surface area contributed by atoms with Gasteiger partial charge in [0.2, 0.25) is 5.91 Å². The Morgan fingerprint density at radius 2 is 1.74 bits per heavy atom. The van der Waals surface area contributed by atoms with E-state index in [4.69, 9.17) is 0 Å². The van der Waals surface area contributed by atoms with Crippen molar-refractivity contribution in [3.63, 3.8) is 0 Å². The van der Waals surface area contributed by atoms with E-state index in [1.807, 2.05) is 6.07 Å². The lowest BCUT2D eigenvalue weighted by molar-refractivity contribution is -0.121. The third-order valence-corrected chi connectivity index (χ3v) is 3.78. The SMILES string of the molecule is CCCCCCCCCCCC(=O)NN=Cc1cccc(O)c1. The van der Waals surface area contributed by atoms with Crippen LogP contribution in [0, 0.1) is 0 Å². The first-order chi connectivity index (χ1) is 11.2. The van der Waals surface area contributed by atoms with Gasteiger partial charge in [0.05, 0.1) is 6.21 Å². The van der Waals surface area contributed by atoms with Gasteiger partial charge in [0.1, 0.15) is 5.75 Å². The zero-order valence-electron chi connectivity index (χ0n) is 14.3. The molecule has 0 spiro atoms. The van der Waals surface area contributed by atoms with Gasteiger partial charge >= 0.3 is 0 Å². The molecule has 0 bridgehead atoms. The summed E-state index contributed by atoms with van der Waals surface area (Å²) < 4.78 is 0. The number of unbranched alkanes of at least 4 members (excludes halogenated alkanes) is 8. The minimum Gasteiger partial charge on any atom is -0.508 e. The molecule has 0 saturated carbocycles. The Morgan fingerprint density at radius 3 is 2.39 bits per heavy atom. The number of phenolic OH excluding ortho intramolecular Hbond substituents is 1. The van der Waals surface area contributed by atoms with Gasteiger partial charge in [0.15, 0.2) is 0 Å². The Bertz CT molecular complexity index is 472. The minimum atomic E-state index is -0.0515. The number of aromatic hydroxyl groups is 1. The van der Waals surface area contributed by atoms with Gasteiger partial charge in [-0.3, -0.25) is 4.79 Å². The Morgan fingerprint density at radius 1 is 1.09 bits per heavy atom. The van der Waals surface area contributed by atoms with Crippen LogP contribution in [-0.2, 0) is 4.79 Å². The van der Waals surface area contributed by atoms with Gasteiger partial charge in [0, 0.05) is 6.42 Å². The van der Waals surface area contributed by atoms with E-state index in [9.17, 15) is 9.90 Å². The molecular weight excluding hydrogens is 288 g/mol. The van der Waals surface area contributed by atoms with Crippen LogP contribution in [0.5, 0.6) is 5.75 Å². The lowest BCUT2D eigenvalue weighted by atomic mass is 10.1. The highest BCUT2D eigenvalue weighted by Crippen LogP contribution is 2.10. The first-order valence-electron chi connectivity index (χ1n) is 8.83. The molecule has 1 aromatic rings. The van der Waals surface area contributed by atoms with E-state index < -0.39 is 0 Å². The van der Waals surface area contributed by atoms with Crippen LogP contribution in [0.3, 0.4) is 0 Å². The fraction of sp³-hybridized carbons (Fsp3) is 0.579. The molecule has 0 radical (unpaired) electrons. The second-order valence-electron chi connectivity index (χ2n) is 5.97. The molecule has 1 amide bonds. The van der Waals surface area contributed by atoms with E-state index in [1.165, 1.54) is 51.2 Å². The Kier molecular flexibility index (Phi) is 10.6. The molecule has 0 aromatic heterocycles. The van der Waals surface area contributed by atoms with Gasteiger partial charge in [-0.1, -0.05) is 70.4 Å². The molecule has 0 fully saturated rings. The smallest absolute Gasteiger partial charge is 0.240 e. The van der Waals surface area contributed by atoms with Gasteiger partial charge in [-0.05, 0) is 24.1 Å². The molecule has 0 atom stereocenters. The van der Waals surface area contributed by atoms with Gasteiger partial charge in [-0.25, -0.2) is 5.43 Å². The van der Waals surface area contributed by atoms with Crippen LogP contribution < -0.4 is 5.43 Å². The monoisotopic (exact) mass is 318 g/mol. The van der Waals surface area contributed by atoms with Crippen molar-refractivity contribution in [3.05, 3.63) is 29.8 Å². The van der Waals surface area contributed by atoms with Crippen molar-refractivity contribution in [1.82, 2.24) is 5.43 Å². The molecule has 1 rings (SSSR count). The second-order valence-corrected chi connectivity index (χ2v) is 5.97. The molecule has 23 heavy (non-hydrogen) atoms. The second kappa shape index (κ2) is 12.7. The van der Waals surface area contributed by atoms with Crippen LogP contribution in [0.15, 0.2) is 29.4 Å². The molecule has 2 N–H and O–H groups in total. The molecule has 0 unspecified atom stereocenters. The summed E-state index contributed by atoms with van der Waals surface area (Å²) >= 11 is 0. The van der Waals surface area contributed by atoms with E-state index in [-0.39, 0.29) is 11.7 Å². The van der Waals surface area contributed by atoms with Crippen LogP contribution in [0.25, 0.3) is 0 Å². The van der Waals surface area contributed by atoms with Crippen LogP contribution >= 0.6 is 0 Å². The standard InChI is InChI=1S/C19H30N2O2/c1-2-3-4-5-6-7-8-9-10-14-19(23)21-20-16-17-12-11-13-18(22)15-17/h11-13,15-16,22H,2-10,14H2,1H3,(H,21,23). The number of phenols is 1. The van der Waals surface area contributed by atoms with Crippen LogP contribution in [-0.4, -0.2) is 17.2 Å². The Balaban J connectivity index is 2.00. The minimum absolute atomic E-state index is 0.0515. The summed E-state index contributed by atoms with van der Waals surface area (Å²) in [4.78, 5) is 11.6. The number of hydrogen-bond donors (Lipinski definition) is 2. The summed E-state index contributed by atoms with van der Waals surface area (Å²) in [6.07, 6.45) is 13.2. The average molecular weight is 318 g/mol. The predicted molar refractivity (Wildman–Crippen MR) is 95.7 cm³/mol. The number of hydrazone groups is 1. The maximum Gasteiger partial charge on any atom is 0.240 e. The molecule has 0 aliphatic carbocycles. The molecule has 0 aliphatic heterocycles. The van der Waals surface area contributed by atoms with Crippen LogP contribution in [0.1, 0.15) is 76.7 Å². The lowest BCUT2D eigenvalue weighted by Gasteiger charge is -2.02. The summed E-state index contributed by atoms with van der Waals surface area (Å²) in [6.45, 7) is 2.23. The first kappa shape index (κ1) is 19.2. The summed E-state index contributed by atoms with van der Waals surface area (Å²) in [7, 11) is 0. The number of nitrogens with one attached hydrogen (secondary N) is 1. The van der Waals surface area contributed by atoms with Crippen LogP contribution in [0.4, 0.5) is 0 Å². The highest BCUT2D eigenvalue weighted by molar-refractivity contribution is 5.82. The molecule has 0 heterocycles. The van der Waals surface area contributed by atoms with Crippen molar-refractivity contribution in [2.24, 2.45) is 5.10 Å². The van der Waals surface area contributed by atoms with E-state index >= 15 is 0 Å². The molecule has 1 aromatic carbocycles. The molecular formula is C19H30N2O2. The molecule has 0 saturated heterocycles. The number of carbonyl (C=O) groups excluding carboxylic acids is 1. The van der Waals surface area contributed by atoms with Gasteiger partial charge < -0.3 is 5.11 Å². The van der Waals surface area contributed by atoms with E-state index in [2.05, 4.69) is 17.5 Å². The first-order valence-corrected chi connectivity index (χ1v) is 8.83. The normalized spacial score (nSPS) is 11.0. The molecule has 4 heteroatoms. The maximum absolute atomic E-state index is 11.6. The highest BCUT2D eigenvalue weighted by atomic mass is 16.3. The quantitative estimate of drug-likeness (QED) is 0.331. The van der Waals surface area contributed by atoms with Crippen molar-refractivity contribution >= 4 is 12.1 Å². The van der Waals surface area contributed by atoms with Crippen molar-refractivity contribution < 1.29 is 9.90 Å². The van der Waals surface area contributed by atoms with Gasteiger partial charge in [-0.15, -0.1) is 0 Å². The zero-order chi connectivity index (χ0) is 16.8. The average Bonchev–Trinajstić information content (AvgIpc) is 2.53. The van der Waals surface area contributed by atoms with Crippen molar-refractivity contribution in [2.75, 3.05) is 0 Å². The Hall–Kier alpha value is -1.84. The fourth-order valence-electron chi connectivity index (χ4n) is 2.44. The number of benzene rings is 1. The van der Waals surface area contributed by atoms with Crippen molar-refractivity contribution in [3.8, 4) is 5.75 Å². The molecule has 128 valence electrons. The number of rotatable bonds is 12. The predicted octanol–water partition coefficient (Wildman–Crippen LogP) is 4.76. The van der Waals surface area contributed by atoms with Crippen LogP contribution in [0.2, 0.25) is 0 Å². The van der Waals surface area contributed by atoms with E-state index in [0.29, 0.717) is 6.42 Å². The third kappa shape index (κ3) is 10.5. The zero-order valence-corrected chi connectivity index (χ0v) is 14.3. The van der Waals surface area contributed by atoms with Gasteiger partial charge in [0.25, 0.3) is 0 Å². The van der Waals surface area contributed by atoms with Crippen molar-refractivity contribution in [1.29, 1.82) is 0 Å². The summed E-state index contributed by atoms with van der Waals surface area (Å²) in [6, 6.07) is 6.74. The third-order valence-electron chi connectivity index (χ3n) is 3.78. The number of amides is 1. The highest BCUT2D eigenvalue weighted by Gasteiger charge is 1.99. The summed E-state index contributed by atoms with van der Waals surface area (Å²) in [5, 5.41) is 13.2. The number of carbonyl (C=O) groups is 1. The number of hydrogen-bond acceptors (Lipinski definition) is 3. The topological polar surface area (TPSA) is 61.7 Å². The molecule has 0 aliphatic rings. The summed E-state index contributed by atoms with van der Waals surface area (Å²) in [5.41, 5.74) is 3.28. The lowest BCUT2D eigenvalue weighted by Crippen LogP contribution is -2.16. The van der Waals surface area contributed by atoms with Crippen molar-refractivity contribution in [2.45, 2.75) is 71.1 Å². The maximum atomic E-state index is 11.6. The van der Waals surface area contributed by atoms with E-state index in [0.717, 1.165) is 18.4 Å². The molecule has 4 nitrogen and oxygen atoms in total.